The highest BCUT2D eigenvalue weighted by atomic mass is 35.5. The normalized spacial score (nSPS) is 17.4. The van der Waals surface area contributed by atoms with Gasteiger partial charge in [-0.15, -0.1) is 0 Å². The first-order chi connectivity index (χ1) is 12.6. The molecule has 0 spiro atoms. The van der Waals surface area contributed by atoms with Crippen LogP contribution in [0.25, 0.3) is 11.0 Å². The molecule has 0 bridgehead atoms. The summed E-state index contributed by atoms with van der Waals surface area (Å²) >= 11 is 12.4. The zero-order valence-corrected chi connectivity index (χ0v) is 16.0. The van der Waals surface area contributed by atoms with Crippen molar-refractivity contribution in [3.63, 3.8) is 0 Å². The fraction of sp³-hybridized carbons (Fsp3) is 0.300. The summed E-state index contributed by atoms with van der Waals surface area (Å²) in [6.45, 7) is 4.06. The molecule has 0 saturated carbocycles. The van der Waals surface area contributed by atoms with Gasteiger partial charge in [-0.3, -0.25) is 4.79 Å². The van der Waals surface area contributed by atoms with Crippen molar-refractivity contribution >= 4 is 40.1 Å². The van der Waals surface area contributed by atoms with Crippen LogP contribution in [0.5, 0.6) is 0 Å². The number of amides is 1. The van der Waals surface area contributed by atoms with Crippen LogP contribution in [0.4, 0.5) is 0 Å². The van der Waals surface area contributed by atoms with Crippen LogP contribution in [-0.4, -0.2) is 33.4 Å². The molecule has 1 unspecified atom stereocenters. The molecule has 4 nitrogen and oxygen atoms in total. The summed E-state index contributed by atoms with van der Waals surface area (Å²) in [4.78, 5) is 19.0. The number of aromatic nitrogens is 2. The second-order valence-corrected chi connectivity index (χ2v) is 7.46. The van der Waals surface area contributed by atoms with Gasteiger partial charge in [0.05, 0.1) is 17.6 Å². The van der Waals surface area contributed by atoms with Crippen molar-refractivity contribution in [3.05, 3.63) is 63.9 Å². The molecule has 0 radical (unpaired) electrons. The molecule has 1 aromatic heterocycles. The van der Waals surface area contributed by atoms with Crippen LogP contribution < -0.4 is 0 Å². The molecule has 26 heavy (non-hydrogen) atoms. The van der Waals surface area contributed by atoms with E-state index >= 15 is 0 Å². The van der Waals surface area contributed by atoms with Crippen molar-refractivity contribution < 1.29 is 4.79 Å². The minimum atomic E-state index is 0.0981. The monoisotopic (exact) mass is 387 g/mol. The van der Waals surface area contributed by atoms with Crippen LogP contribution in [0.3, 0.4) is 0 Å². The summed E-state index contributed by atoms with van der Waals surface area (Å²) in [5.74, 6) is 1.24. The van der Waals surface area contributed by atoms with Gasteiger partial charge in [-0.25, -0.2) is 4.98 Å². The van der Waals surface area contributed by atoms with Gasteiger partial charge in [0.2, 0.25) is 5.91 Å². The molecule has 1 saturated heterocycles. The van der Waals surface area contributed by atoms with Gasteiger partial charge in [0.25, 0.3) is 0 Å². The maximum absolute atomic E-state index is 12.2. The summed E-state index contributed by atoms with van der Waals surface area (Å²) in [5.41, 5.74) is 2.98. The Bertz CT molecular complexity index is 982. The van der Waals surface area contributed by atoms with E-state index < -0.39 is 0 Å². The van der Waals surface area contributed by atoms with Crippen LogP contribution in [0, 0.1) is 0 Å². The Balaban J connectivity index is 1.78. The summed E-state index contributed by atoms with van der Waals surface area (Å²) < 4.78 is 2.18. The van der Waals surface area contributed by atoms with E-state index in [1.165, 1.54) is 0 Å². The van der Waals surface area contributed by atoms with Gasteiger partial charge in [0.15, 0.2) is 0 Å². The molecule has 134 valence electrons. The number of halogens is 2. The fourth-order valence-corrected chi connectivity index (χ4v) is 4.11. The Morgan fingerprint density at radius 3 is 2.73 bits per heavy atom. The Labute approximate surface area is 162 Å². The topological polar surface area (TPSA) is 38.1 Å². The minimum absolute atomic E-state index is 0.0981. The summed E-state index contributed by atoms with van der Waals surface area (Å²) in [7, 11) is 0. The number of likely N-dealkylation sites (tertiary alicyclic amines) is 1. The highest BCUT2D eigenvalue weighted by molar-refractivity contribution is 6.35. The first-order valence-electron chi connectivity index (χ1n) is 8.73. The number of carbonyl (C=O) groups is 1. The molecule has 1 atom stereocenters. The van der Waals surface area contributed by atoms with E-state index in [1.54, 1.807) is 6.07 Å². The maximum Gasteiger partial charge on any atom is 0.223 e. The van der Waals surface area contributed by atoms with Crippen molar-refractivity contribution in [1.82, 2.24) is 14.5 Å². The molecule has 1 fully saturated rings. The molecule has 1 aliphatic rings. The second-order valence-electron chi connectivity index (χ2n) is 6.61. The predicted octanol–water partition coefficient (Wildman–Crippen LogP) is 4.73. The molecular formula is C20H19Cl2N3O. The first-order valence-corrected chi connectivity index (χ1v) is 9.49. The largest absolute Gasteiger partial charge is 0.342 e. The van der Waals surface area contributed by atoms with Gasteiger partial charge >= 0.3 is 0 Å². The standard InChI is InChI=1S/C20H19Cl2N3O/c1-2-24-11-14(9-19(24)26)20-23-17-5-3-4-6-18(17)25(20)12-13-7-8-15(21)10-16(13)22/h3-8,10,14H,2,9,11-12H2,1H3. The molecule has 1 amide bonds. The number of likely N-dealkylation sites (N-methyl/N-ethyl adjacent to an activating group) is 1. The highest BCUT2D eigenvalue weighted by Gasteiger charge is 2.33. The summed E-state index contributed by atoms with van der Waals surface area (Å²) in [6.07, 6.45) is 0.505. The van der Waals surface area contributed by atoms with E-state index in [-0.39, 0.29) is 11.8 Å². The average Bonchev–Trinajstić information content (AvgIpc) is 3.18. The third-order valence-electron chi connectivity index (χ3n) is 4.99. The molecule has 4 rings (SSSR count). The second kappa shape index (κ2) is 6.93. The molecule has 1 aliphatic heterocycles. The zero-order valence-electron chi connectivity index (χ0n) is 14.5. The Hall–Kier alpha value is -2.04. The van der Waals surface area contributed by atoms with Crippen LogP contribution in [-0.2, 0) is 11.3 Å². The molecule has 2 heterocycles. The van der Waals surface area contributed by atoms with Crippen LogP contribution in [0.1, 0.15) is 30.7 Å². The number of nitrogens with zero attached hydrogens (tertiary/aromatic N) is 3. The Kier molecular flexibility index (Phi) is 4.63. The van der Waals surface area contributed by atoms with E-state index in [1.807, 2.05) is 42.2 Å². The quantitative estimate of drug-likeness (QED) is 0.648. The SMILES string of the molecule is CCN1CC(c2nc3ccccc3n2Cc2ccc(Cl)cc2Cl)CC1=O. The van der Waals surface area contributed by atoms with Crippen LogP contribution >= 0.6 is 23.2 Å². The van der Waals surface area contributed by atoms with Gasteiger partial charge in [0, 0.05) is 35.5 Å². The van der Waals surface area contributed by atoms with E-state index in [0.717, 1.165) is 29.0 Å². The Morgan fingerprint density at radius 2 is 2.00 bits per heavy atom. The number of hydrogen-bond acceptors (Lipinski definition) is 2. The number of fused-ring (bicyclic) bond motifs is 1. The summed E-state index contributed by atoms with van der Waals surface area (Å²) in [6, 6.07) is 13.6. The first kappa shape index (κ1) is 17.4. The summed E-state index contributed by atoms with van der Waals surface area (Å²) in [5, 5.41) is 1.26. The smallest absolute Gasteiger partial charge is 0.223 e. The van der Waals surface area contributed by atoms with Gasteiger partial charge < -0.3 is 9.47 Å². The minimum Gasteiger partial charge on any atom is -0.342 e. The molecule has 0 aliphatic carbocycles. The molecule has 6 heteroatoms. The van der Waals surface area contributed by atoms with Gasteiger partial charge in [0.1, 0.15) is 5.82 Å². The van der Waals surface area contributed by atoms with Crippen molar-refractivity contribution in [1.29, 1.82) is 0 Å². The van der Waals surface area contributed by atoms with Gasteiger partial charge in [-0.1, -0.05) is 41.4 Å². The van der Waals surface area contributed by atoms with E-state index in [4.69, 9.17) is 28.2 Å². The number of imidazole rings is 1. The third-order valence-corrected chi connectivity index (χ3v) is 5.58. The molecule has 3 aromatic rings. The van der Waals surface area contributed by atoms with E-state index in [0.29, 0.717) is 29.6 Å². The van der Waals surface area contributed by atoms with Crippen molar-refractivity contribution in [2.45, 2.75) is 25.8 Å². The van der Waals surface area contributed by atoms with E-state index in [9.17, 15) is 4.79 Å². The average molecular weight is 388 g/mol. The third kappa shape index (κ3) is 3.08. The number of para-hydroxylation sites is 2. The lowest BCUT2D eigenvalue weighted by atomic mass is 10.1. The highest BCUT2D eigenvalue weighted by Crippen LogP contribution is 2.32. The van der Waals surface area contributed by atoms with Crippen molar-refractivity contribution in [2.75, 3.05) is 13.1 Å². The van der Waals surface area contributed by atoms with Crippen molar-refractivity contribution in [3.8, 4) is 0 Å². The van der Waals surface area contributed by atoms with E-state index in [2.05, 4.69) is 10.6 Å². The van der Waals surface area contributed by atoms with Crippen LogP contribution in [0.2, 0.25) is 10.0 Å². The van der Waals surface area contributed by atoms with Gasteiger partial charge in [-0.05, 0) is 36.8 Å². The lowest BCUT2D eigenvalue weighted by Gasteiger charge is -2.16. The van der Waals surface area contributed by atoms with Crippen LogP contribution in [0.15, 0.2) is 42.5 Å². The van der Waals surface area contributed by atoms with Gasteiger partial charge in [-0.2, -0.15) is 0 Å². The lowest BCUT2D eigenvalue weighted by Crippen LogP contribution is -2.24. The Morgan fingerprint density at radius 1 is 1.19 bits per heavy atom. The molecule has 0 N–H and O–H groups in total. The van der Waals surface area contributed by atoms with Crippen molar-refractivity contribution in [2.24, 2.45) is 0 Å². The predicted molar refractivity (Wildman–Crippen MR) is 105 cm³/mol. The lowest BCUT2D eigenvalue weighted by molar-refractivity contribution is -0.127. The number of hydrogen-bond donors (Lipinski definition) is 0. The molecule has 2 aromatic carbocycles. The number of rotatable bonds is 4. The molecular weight excluding hydrogens is 369 g/mol. The number of benzene rings is 2. The zero-order chi connectivity index (χ0) is 18.3. The fourth-order valence-electron chi connectivity index (χ4n) is 3.64. The number of carbonyl (C=O) groups excluding carboxylic acids is 1. The maximum atomic E-state index is 12.2.